The van der Waals surface area contributed by atoms with E-state index in [0.29, 0.717) is 6.54 Å². The van der Waals surface area contributed by atoms with Crippen molar-refractivity contribution in [3.63, 3.8) is 0 Å². The molecular weight excluding hydrogens is 288 g/mol. The number of hydrogen-bond acceptors (Lipinski definition) is 5. The zero-order valence-electron chi connectivity index (χ0n) is 12.1. The molecule has 2 N–H and O–H groups in total. The lowest BCUT2D eigenvalue weighted by Gasteiger charge is -2.34. The van der Waals surface area contributed by atoms with E-state index in [2.05, 4.69) is 4.98 Å². The molecule has 0 saturated heterocycles. The molecule has 114 valence electrons. The molecule has 0 aromatic carbocycles. The summed E-state index contributed by atoms with van der Waals surface area (Å²) in [5.41, 5.74) is 6.09. The molecule has 1 saturated carbocycles. The third-order valence-electron chi connectivity index (χ3n) is 3.92. The highest BCUT2D eigenvalue weighted by Gasteiger charge is 2.32. The zero-order chi connectivity index (χ0) is 15.5. The summed E-state index contributed by atoms with van der Waals surface area (Å²) in [7, 11) is -3.57. The number of nitriles is 1. The van der Waals surface area contributed by atoms with Crippen LogP contribution in [0.1, 0.15) is 38.3 Å². The second-order valence-electron chi connectivity index (χ2n) is 5.27. The fraction of sp³-hybridized carbons (Fsp3) is 0.571. The Bertz CT molecular complexity index is 613. The summed E-state index contributed by atoms with van der Waals surface area (Å²) in [4.78, 5) is 3.99. The average molecular weight is 308 g/mol. The first kappa shape index (κ1) is 15.9. The molecule has 0 spiro atoms. The fourth-order valence-electron chi connectivity index (χ4n) is 2.75. The van der Waals surface area contributed by atoms with Gasteiger partial charge in [-0.2, -0.15) is 9.57 Å². The van der Waals surface area contributed by atoms with E-state index in [1.165, 1.54) is 22.6 Å². The summed E-state index contributed by atoms with van der Waals surface area (Å²) in [5, 5.41) is 8.73. The van der Waals surface area contributed by atoms with Crippen LogP contribution in [0.25, 0.3) is 0 Å². The molecule has 7 heteroatoms. The van der Waals surface area contributed by atoms with E-state index < -0.39 is 10.0 Å². The van der Waals surface area contributed by atoms with Gasteiger partial charge in [-0.3, -0.25) is 0 Å². The number of hydrogen-bond donors (Lipinski definition) is 1. The van der Waals surface area contributed by atoms with Crippen LogP contribution in [-0.4, -0.2) is 36.3 Å². The molecule has 0 radical (unpaired) electrons. The number of rotatable bonds is 4. The third kappa shape index (κ3) is 3.40. The Morgan fingerprint density at radius 2 is 2.05 bits per heavy atom. The minimum atomic E-state index is -3.57. The molecule has 0 amide bonds. The van der Waals surface area contributed by atoms with Gasteiger partial charge in [-0.15, -0.1) is 0 Å². The quantitative estimate of drug-likeness (QED) is 0.901. The molecule has 1 fully saturated rings. The average Bonchev–Trinajstić information content (AvgIpc) is 2.50. The van der Waals surface area contributed by atoms with Gasteiger partial charge in [0.25, 0.3) is 0 Å². The van der Waals surface area contributed by atoms with Gasteiger partial charge in [-0.05, 0) is 37.8 Å². The maximum absolute atomic E-state index is 12.7. The molecule has 0 atom stereocenters. The van der Waals surface area contributed by atoms with Crippen LogP contribution < -0.4 is 5.73 Å². The van der Waals surface area contributed by atoms with Crippen LogP contribution in [0.15, 0.2) is 23.2 Å². The molecule has 0 bridgehead atoms. The van der Waals surface area contributed by atoms with Crippen LogP contribution in [0.5, 0.6) is 0 Å². The predicted octanol–water partition coefficient (Wildman–Crippen LogP) is 1.23. The third-order valence-corrected chi connectivity index (χ3v) is 5.93. The summed E-state index contributed by atoms with van der Waals surface area (Å²) < 4.78 is 27.0. The zero-order valence-corrected chi connectivity index (χ0v) is 12.9. The predicted molar refractivity (Wildman–Crippen MR) is 78.7 cm³/mol. The van der Waals surface area contributed by atoms with Gasteiger partial charge in [-0.25, -0.2) is 13.4 Å². The van der Waals surface area contributed by atoms with Crippen LogP contribution >= 0.6 is 0 Å². The van der Waals surface area contributed by atoms with Crippen LogP contribution in [0.4, 0.5) is 0 Å². The van der Waals surface area contributed by atoms with E-state index in [0.717, 1.165) is 25.7 Å². The van der Waals surface area contributed by atoms with Crippen molar-refractivity contribution in [1.29, 1.82) is 5.26 Å². The Morgan fingerprint density at radius 3 is 2.52 bits per heavy atom. The summed E-state index contributed by atoms with van der Waals surface area (Å²) in [6.07, 6.45) is 4.53. The largest absolute Gasteiger partial charge is 0.328 e. The summed E-state index contributed by atoms with van der Waals surface area (Å²) in [6.45, 7) is 2.26. The van der Waals surface area contributed by atoms with Crippen molar-refractivity contribution >= 4 is 10.0 Å². The van der Waals surface area contributed by atoms with Crippen molar-refractivity contribution in [3.05, 3.63) is 24.0 Å². The minimum Gasteiger partial charge on any atom is -0.328 e. The smallest absolute Gasteiger partial charge is 0.244 e. The van der Waals surface area contributed by atoms with Crippen molar-refractivity contribution in [2.24, 2.45) is 5.73 Å². The van der Waals surface area contributed by atoms with E-state index in [-0.39, 0.29) is 22.7 Å². The lowest BCUT2D eigenvalue weighted by atomic mass is 9.92. The number of sulfonamides is 1. The molecule has 21 heavy (non-hydrogen) atoms. The normalized spacial score (nSPS) is 23.0. The van der Waals surface area contributed by atoms with Gasteiger partial charge >= 0.3 is 0 Å². The van der Waals surface area contributed by atoms with E-state index in [1.54, 1.807) is 0 Å². The van der Waals surface area contributed by atoms with Crippen LogP contribution in [0.3, 0.4) is 0 Å². The highest BCUT2D eigenvalue weighted by Crippen LogP contribution is 2.27. The Morgan fingerprint density at radius 1 is 1.38 bits per heavy atom. The number of pyridine rings is 1. The maximum atomic E-state index is 12.7. The SMILES string of the molecule is CCN(C1CCC(N)CC1)S(=O)(=O)c1ccc(C#N)nc1. The molecule has 0 unspecified atom stereocenters. The van der Waals surface area contributed by atoms with Crippen molar-refractivity contribution in [2.45, 2.75) is 49.6 Å². The second-order valence-corrected chi connectivity index (χ2v) is 7.16. The Hall–Kier alpha value is -1.49. The molecule has 2 rings (SSSR count). The van der Waals surface area contributed by atoms with Gasteiger partial charge in [0.05, 0.1) is 0 Å². The highest BCUT2D eigenvalue weighted by atomic mass is 32.2. The monoisotopic (exact) mass is 308 g/mol. The van der Waals surface area contributed by atoms with Crippen LogP contribution in [0, 0.1) is 11.3 Å². The van der Waals surface area contributed by atoms with Gasteiger partial charge < -0.3 is 5.73 Å². The second kappa shape index (κ2) is 6.52. The van der Waals surface area contributed by atoms with Crippen LogP contribution in [0.2, 0.25) is 0 Å². The molecule has 1 aliphatic carbocycles. The molecule has 1 heterocycles. The Balaban J connectivity index is 2.24. The van der Waals surface area contributed by atoms with Gasteiger partial charge in [-0.1, -0.05) is 6.92 Å². The van der Waals surface area contributed by atoms with Crippen molar-refractivity contribution in [2.75, 3.05) is 6.54 Å². The standard InChI is InChI=1S/C14H20N4O2S/c1-2-18(13-6-3-11(16)4-7-13)21(19,20)14-8-5-12(9-15)17-10-14/h5,8,10-11,13H,2-4,6-7,16H2,1H3. The van der Waals surface area contributed by atoms with Gasteiger partial charge in [0.2, 0.25) is 10.0 Å². The first-order valence-corrected chi connectivity index (χ1v) is 8.56. The number of aromatic nitrogens is 1. The van der Waals surface area contributed by atoms with E-state index >= 15 is 0 Å². The van der Waals surface area contributed by atoms with Gasteiger partial charge in [0.15, 0.2) is 0 Å². The summed E-state index contributed by atoms with van der Waals surface area (Å²) in [5.74, 6) is 0. The van der Waals surface area contributed by atoms with Crippen molar-refractivity contribution in [1.82, 2.24) is 9.29 Å². The molecular formula is C14H20N4O2S. The lowest BCUT2D eigenvalue weighted by Crippen LogP contribution is -2.44. The van der Waals surface area contributed by atoms with Gasteiger partial charge in [0, 0.05) is 24.8 Å². The molecule has 6 nitrogen and oxygen atoms in total. The summed E-state index contributed by atoms with van der Waals surface area (Å²) in [6, 6.07) is 4.93. The van der Waals surface area contributed by atoms with E-state index in [9.17, 15) is 8.42 Å². The number of nitrogens with two attached hydrogens (primary N) is 1. The lowest BCUT2D eigenvalue weighted by molar-refractivity contribution is 0.247. The summed E-state index contributed by atoms with van der Waals surface area (Å²) >= 11 is 0. The fourth-order valence-corrected chi connectivity index (χ4v) is 4.39. The van der Waals surface area contributed by atoms with Crippen molar-refractivity contribution < 1.29 is 8.42 Å². The highest BCUT2D eigenvalue weighted by molar-refractivity contribution is 7.89. The maximum Gasteiger partial charge on any atom is 0.244 e. The Kier molecular flexibility index (Phi) is 4.93. The molecule has 1 aliphatic rings. The van der Waals surface area contributed by atoms with Crippen LogP contribution in [-0.2, 0) is 10.0 Å². The molecule has 1 aromatic heterocycles. The first-order chi connectivity index (χ1) is 9.98. The molecule has 0 aliphatic heterocycles. The minimum absolute atomic E-state index is 0.00422. The van der Waals surface area contributed by atoms with E-state index in [1.807, 2.05) is 13.0 Å². The first-order valence-electron chi connectivity index (χ1n) is 7.12. The topological polar surface area (TPSA) is 100 Å². The van der Waals surface area contributed by atoms with Gasteiger partial charge in [0.1, 0.15) is 16.7 Å². The molecule has 1 aromatic rings. The Labute approximate surface area is 125 Å². The number of nitrogens with zero attached hydrogens (tertiary/aromatic N) is 3. The van der Waals surface area contributed by atoms with Crippen molar-refractivity contribution in [3.8, 4) is 6.07 Å². The van der Waals surface area contributed by atoms with E-state index in [4.69, 9.17) is 11.0 Å².